The van der Waals surface area contributed by atoms with Gasteiger partial charge in [-0.25, -0.2) is 8.42 Å². The monoisotopic (exact) mass is 367 g/mol. The van der Waals surface area contributed by atoms with Crippen molar-refractivity contribution in [2.75, 3.05) is 20.3 Å². The Morgan fingerprint density at radius 1 is 1.53 bits per heavy atom. The van der Waals surface area contributed by atoms with Gasteiger partial charge in [0.05, 0.1) is 17.5 Å². The highest BCUT2D eigenvalue weighted by Gasteiger charge is 2.31. The molecule has 0 radical (unpaired) electrons. The lowest BCUT2D eigenvalue weighted by Gasteiger charge is -2.23. The molecule has 106 valence electrons. The first-order valence-electron chi connectivity index (χ1n) is 5.87. The van der Waals surface area contributed by atoms with Gasteiger partial charge in [0.2, 0.25) is 10.0 Å². The van der Waals surface area contributed by atoms with Gasteiger partial charge in [-0.1, -0.05) is 6.07 Å². The molecule has 1 aliphatic heterocycles. The summed E-state index contributed by atoms with van der Waals surface area (Å²) in [4.78, 5) is 0.250. The summed E-state index contributed by atoms with van der Waals surface area (Å²) in [5.74, 6) is 0.284. The summed E-state index contributed by atoms with van der Waals surface area (Å²) < 4.78 is 32.4. The predicted molar refractivity (Wildman–Crippen MR) is 77.9 cm³/mol. The summed E-state index contributed by atoms with van der Waals surface area (Å²) in [6.45, 7) is 1.05. The van der Waals surface area contributed by atoms with Crippen LogP contribution in [0.25, 0.3) is 0 Å². The quantitative estimate of drug-likeness (QED) is 0.768. The van der Waals surface area contributed by atoms with Gasteiger partial charge in [0.1, 0.15) is 0 Å². The first-order valence-corrected chi connectivity index (χ1v) is 8.63. The van der Waals surface area contributed by atoms with Gasteiger partial charge in [0.15, 0.2) is 0 Å². The number of nitrogens with zero attached hydrogens (tertiary/aromatic N) is 1. The van der Waals surface area contributed by atoms with Gasteiger partial charge >= 0.3 is 0 Å². The molecule has 0 aliphatic carbocycles. The summed E-state index contributed by atoms with van der Waals surface area (Å²) in [5, 5.41) is 0. The number of hydrogen-bond acceptors (Lipinski definition) is 3. The van der Waals surface area contributed by atoms with E-state index in [1.807, 2.05) is 0 Å². The molecule has 0 saturated carbocycles. The number of alkyl halides is 1. The molecule has 2 rings (SSSR count). The zero-order valence-electron chi connectivity index (χ0n) is 10.5. The molecule has 0 aromatic heterocycles. The van der Waals surface area contributed by atoms with Crippen molar-refractivity contribution in [3.8, 4) is 0 Å². The van der Waals surface area contributed by atoms with Crippen molar-refractivity contribution in [1.29, 1.82) is 0 Å². The number of likely N-dealkylation sites (N-methyl/N-ethyl adjacent to an activating group) is 1. The standard InChI is InChI=1S/C12H15BrClNO3S/c1-15(10-4-5-18-8-10)19(16,17)12-6-9(7-14)2-3-11(12)13/h2-3,6,10H,4-5,7-8H2,1H3. The molecule has 7 heteroatoms. The molecule has 0 bridgehead atoms. The minimum absolute atomic E-state index is 0.100. The Morgan fingerprint density at radius 3 is 2.84 bits per heavy atom. The summed E-state index contributed by atoms with van der Waals surface area (Å²) in [7, 11) is -1.95. The van der Waals surface area contributed by atoms with Crippen molar-refractivity contribution in [2.45, 2.75) is 23.2 Å². The Morgan fingerprint density at radius 2 is 2.26 bits per heavy atom. The second kappa shape index (κ2) is 6.10. The summed E-state index contributed by atoms with van der Waals surface area (Å²) in [5.41, 5.74) is 0.777. The maximum atomic E-state index is 12.6. The van der Waals surface area contributed by atoms with E-state index in [1.165, 1.54) is 4.31 Å². The van der Waals surface area contributed by atoms with Crippen LogP contribution in [-0.4, -0.2) is 39.0 Å². The van der Waals surface area contributed by atoms with Gasteiger partial charge in [-0.15, -0.1) is 11.6 Å². The average Bonchev–Trinajstić information content (AvgIpc) is 2.92. The molecule has 19 heavy (non-hydrogen) atoms. The maximum absolute atomic E-state index is 12.6. The third-order valence-electron chi connectivity index (χ3n) is 3.23. The number of hydrogen-bond donors (Lipinski definition) is 0. The van der Waals surface area contributed by atoms with Gasteiger partial charge in [-0.2, -0.15) is 4.31 Å². The van der Waals surface area contributed by atoms with Crippen molar-refractivity contribution in [2.24, 2.45) is 0 Å². The molecule has 0 amide bonds. The van der Waals surface area contributed by atoms with Crippen LogP contribution in [0.3, 0.4) is 0 Å². The number of rotatable bonds is 4. The fourth-order valence-electron chi connectivity index (χ4n) is 1.99. The van der Waals surface area contributed by atoms with Crippen LogP contribution in [0.4, 0.5) is 0 Å². The van der Waals surface area contributed by atoms with E-state index in [0.717, 1.165) is 12.0 Å². The Kier molecular flexibility index (Phi) is 4.89. The second-order valence-corrected chi connectivity index (χ2v) is 7.52. The first-order chi connectivity index (χ1) is 8.96. The second-order valence-electron chi connectivity index (χ2n) is 4.44. The lowest BCUT2D eigenvalue weighted by atomic mass is 10.2. The molecule has 1 fully saturated rings. The minimum Gasteiger partial charge on any atom is -0.380 e. The van der Waals surface area contributed by atoms with Crippen LogP contribution < -0.4 is 0 Å². The Labute approximate surface area is 126 Å². The van der Waals surface area contributed by atoms with E-state index >= 15 is 0 Å². The van der Waals surface area contributed by atoms with E-state index in [1.54, 1.807) is 25.2 Å². The summed E-state index contributed by atoms with van der Waals surface area (Å²) >= 11 is 9.06. The maximum Gasteiger partial charge on any atom is 0.244 e. The molecule has 0 spiro atoms. The van der Waals surface area contributed by atoms with Crippen molar-refractivity contribution < 1.29 is 13.2 Å². The fraction of sp³-hybridized carbons (Fsp3) is 0.500. The summed E-state index contributed by atoms with van der Waals surface area (Å²) in [6.07, 6.45) is 0.725. The van der Waals surface area contributed by atoms with E-state index in [9.17, 15) is 8.42 Å². The normalized spacial score (nSPS) is 20.1. The van der Waals surface area contributed by atoms with E-state index in [2.05, 4.69) is 15.9 Å². The van der Waals surface area contributed by atoms with E-state index < -0.39 is 10.0 Å². The van der Waals surface area contributed by atoms with E-state index in [0.29, 0.717) is 17.7 Å². The number of halogens is 2. The molecule has 1 heterocycles. The van der Waals surface area contributed by atoms with Crippen LogP contribution in [0.15, 0.2) is 27.6 Å². The van der Waals surface area contributed by atoms with Gasteiger partial charge in [-0.05, 0) is 40.0 Å². The zero-order valence-corrected chi connectivity index (χ0v) is 13.6. The highest BCUT2D eigenvalue weighted by atomic mass is 79.9. The fourth-order valence-corrected chi connectivity index (χ4v) is 4.50. The SMILES string of the molecule is CN(C1CCOC1)S(=O)(=O)c1cc(CCl)ccc1Br. The van der Waals surface area contributed by atoms with Crippen molar-refractivity contribution in [3.05, 3.63) is 28.2 Å². The molecule has 1 aromatic rings. The lowest BCUT2D eigenvalue weighted by Crippen LogP contribution is -2.37. The lowest BCUT2D eigenvalue weighted by molar-refractivity contribution is 0.181. The van der Waals surface area contributed by atoms with Crippen LogP contribution in [0.5, 0.6) is 0 Å². The number of ether oxygens (including phenoxy) is 1. The molecule has 4 nitrogen and oxygen atoms in total. The Bertz CT molecular complexity index is 558. The van der Waals surface area contributed by atoms with Crippen molar-refractivity contribution in [1.82, 2.24) is 4.31 Å². The zero-order chi connectivity index (χ0) is 14.0. The van der Waals surface area contributed by atoms with Crippen LogP contribution in [0.1, 0.15) is 12.0 Å². The van der Waals surface area contributed by atoms with Crippen LogP contribution in [0, 0.1) is 0 Å². The van der Waals surface area contributed by atoms with Crippen LogP contribution >= 0.6 is 27.5 Å². The van der Waals surface area contributed by atoms with Gasteiger partial charge < -0.3 is 4.74 Å². The smallest absolute Gasteiger partial charge is 0.244 e. The van der Waals surface area contributed by atoms with E-state index in [-0.39, 0.29) is 16.8 Å². The molecule has 1 atom stereocenters. The first kappa shape index (κ1) is 15.3. The Hall–Kier alpha value is -0.140. The molecule has 1 aromatic carbocycles. The average molecular weight is 369 g/mol. The number of sulfonamides is 1. The molecule has 1 unspecified atom stereocenters. The van der Waals surface area contributed by atoms with Crippen molar-refractivity contribution >= 4 is 37.6 Å². The third kappa shape index (κ3) is 3.13. The largest absolute Gasteiger partial charge is 0.380 e. The number of benzene rings is 1. The van der Waals surface area contributed by atoms with Gasteiger partial charge in [-0.3, -0.25) is 0 Å². The minimum atomic E-state index is -3.54. The molecule has 1 aliphatic rings. The molecule has 0 N–H and O–H groups in total. The van der Waals surface area contributed by atoms with Crippen LogP contribution in [-0.2, 0) is 20.6 Å². The van der Waals surface area contributed by atoms with E-state index in [4.69, 9.17) is 16.3 Å². The topological polar surface area (TPSA) is 46.6 Å². The predicted octanol–water partition coefficient (Wildman–Crippen LogP) is 2.60. The Balaban J connectivity index is 2.38. The highest BCUT2D eigenvalue weighted by Crippen LogP contribution is 2.28. The van der Waals surface area contributed by atoms with Gasteiger partial charge in [0.25, 0.3) is 0 Å². The molecular formula is C12H15BrClNO3S. The summed E-state index contributed by atoms with van der Waals surface area (Å²) in [6, 6.07) is 5.02. The third-order valence-corrected chi connectivity index (χ3v) is 6.44. The van der Waals surface area contributed by atoms with Crippen molar-refractivity contribution in [3.63, 3.8) is 0 Å². The van der Waals surface area contributed by atoms with Crippen LogP contribution in [0.2, 0.25) is 0 Å². The highest BCUT2D eigenvalue weighted by molar-refractivity contribution is 9.10. The molecule has 1 saturated heterocycles. The van der Waals surface area contributed by atoms with Gasteiger partial charge in [0, 0.05) is 24.0 Å². The molecular weight excluding hydrogens is 354 g/mol.